The SMILES string of the molecule is CC/C(C)=N/NC(=O)c1ccc(C(C)(C)C)cc1. The van der Waals surface area contributed by atoms with Gasteiger partial charge in [-0.15, -0.1) is 0 Å². The molecule has 0 spiro atoms. The molecule has 0 aliphatic rings. The predicted molar refractivity (Wildman–Crippen MR) is 76.0 cm³/mol. The van der Waals surface area contributed by atoms with E-state index in [1.54, 1.807) is 0 Å². The van der Waals surface area contributed by atoms with Crippen molar-refractivity contribution in [3.63, 3.8) is 0 Å². The van der Waals surface area contributed by atoms with Gasteiger partial charge >= 0.3 is 0 Å². The molecule has 1 rings (SSSR count). The Morgan fingerprint density at radius 1 is 1.22 bits per heavy atom. The summed E-state index contributed by atoms with van der Waals surface area (Å²) in [5, 5.41) is 4.01. The average Bonchev–Trinajstić information content (AvgIpc) is 2.34. The standard InChI is InChI=1S/C15H22N2O/c1-6-11(2)16-17-14(18)12-7-9-13(10-8-12)15(3,4)5/h7-10H,6H2,1-5H3,(H,17,18)/b16-11+. The van der Waals surface area contributed by atoms with Crippen molar-refractivity contribution < 1.29 is 4.79 Å². The second kappa shape index (κ2) is 5.80. The number of rotatable bonds is 3. The van der Waals surface area contributed by atoms with Crippen molar-refractivity contribution in [1.29, 1.82) is 0 Å². The lowest BCUT2D eigenvalue weighted by Gasteiger charge is -2.18. The van der Waals surface area contributed by atoms with Crippen molar-refractivity contribution in [2.75, 3.05) is 0 Å². The van der Waals surface area contributed by atoms with Crippen molar-refractivity contribution >= 4 is 11.6 Å². The van der Waals surface area contributed by atoms with E-state index in [4.69, 9.17) is 0 Å². The first kappa shape index (κ1) is 14.4. The van der Waals surface area contributed by atoms with Gasteiger partial charge in [0.05, 0.1) is 0 Å². The molecule has 0 radical (unpaired) electrons. The van der Waals surface area contributed by atoms with Crippen LogP contribution in [-0.4, -0.2) is 11.6 Å². The smallest absolute Gasteiger partial charge is 0.267 e. The van der Waals surface area contributed by atoms with Crippen molar-refractivity contribution in [2.45, 2.75) is 46.5 Å². The Bertz CT molecular complexity index is 439. The zero-order valence-electron chi connectivity index (χ0n) is 11.9. The molecule has 0 aliphatic heterocycles. The van der Waals surface area contributed by atoms with E-state index < -0.39 is 0 Å². The third-order valence-electron chi connectivity index (χ3n) is 2.87. The van der Waals surface area contributed by atoms with Crippen LogP contribution in [0, 0.1) is 0 Å². The summed E-state index contributed by atoms with van der Waals surface area (Å²) >= 11 is 0. The number of carbonyl (C=O) groups is 1. The fraction of sp³-hybridized carbons (Fsp3) is 0.467. The number of nitrogens with zero attached hydrogens (tertiary/aromatic N) is 1. The van der Waals surface area contributed by atoms with Crippen molar-refractivity contribution in [2.24, 2.45) is 5.10 Å². The molecule has 1 aromatic carbocycles. The summed E-state index contributed by atoms with van der Waals surface area (Å²) in [4.78, 5) is 11.8. The summed E-state index contributed by atoms with van der Waals surface area (Å²) in [6, 6.07) is 7.66. The predicted octanol–water partition coefficient (Wildman–Crippen LogP) is 3.50. The van der Waals surface area contributed by atoms with E-state index in [-0.39, 0.29) is 11.3 Å². The van der Waals surface area contributed by atoms with E-state index in [2.05, 4.69) is 31.3 Å². The zero-order valence-corrected chi connectivity index (χ0v) is 11.9. The second-order valence-corrected chi connectivity index (χ2v) is 5.47. The third kappa shape index (κ3) is 3.99. The number of hydrogen-bond donors (Lipinski definition) is 1. The van der Waals surface area contributed by atoms with Crippen molar-refractivity contribution in [3.05, 3.63) is 35.4 Å². The Kier molecular flexibility index (Phi) is 4.65. The van der Waals surface area contributed by atoms with Crippen LogP contribution in [0.3, 0.4) is 0 Å². The molecule has 0 bridgehead atoms. The molecule has 3 nitrogen and oxygen atoms in total. The zero-order chi connectivity index (χ0) is 13.8. The van der Waals surface area contributed by atoms with Crippen LogP contribution in [0.4, 0.5) is 0 Å². The highest BCUT2D eigenvalue weighted by Gasteiger charge is 2.14. The minimum absolute atomic E-state index is 0.103. The summed E-state index contributed by atoms with van der Waals surface area (Å²) in [7, 11) is 0. The highest BCUT2D eigenvalue weighted by atomic mass is 16.2. The lowest BCUT2D eigenvalue weighted by molar-refractivity contribution is 0.0954. The van der Waals surface area contributed by atoms with Crippen LogP contribution in [0.25, 0.3) is 0 Å². The van der Waals surface area contributed by atoms with Crippen molar-refractivity contribution in [1.82, 2.24) is 5.43 Å². The number of benzene rings is 1. The Balaban J connectivity index is 2.77. The summed E-state index contributed by atoms with van der Waals surface area (Å²) in [6.45, 7) is 10.3. The maximum atomic E-state index is 11.8. The van der Waals surface area contributed by atoms with Gasteiger partial charge in [-0.25, -0.2) is 5.43 Å². The minimum Gasteiger partial charge on any atom is -0.267 e. The molecule has 0 heterocycles. The van der Waals surface area contributed by atoms with Gasteiger partial charge in [-0.1, -0.05) is 39.8 Å². The number of nitrogens with one attached hydrogen (secondary N) is 1. The maximum Gasteiger partial charge on any atom is 0.271 e. The van der Waals surface area contributed by atoms with Crippen LogP contribution in [0.1, 0.15) is 57.0 Å². The molecule has 18 heavy (non-hydrogen) atoms. The minimum atomic E-state index is -0.164. The fourth-order valence-electron chi connectivity index (χ4n) is 1.41. The molecule has 0 unspecified atom stereocenters. The third-order valence-corrected chi connectivity index (χ3v) is 2.87. The molecule has 0 saturated carbocycles. The molecular weight excluding hydrogens is 224 g/mol. The van der Waals surface area contributed by atoms with E-state index in [0.29, 0.717) is 5.56 Å². The van der Waals surface area contributed by atoms with Crippen LogP contribution < -0.4 is 5.43 Å². The summed E-state index contributed by atoms with van der Waals surface area (Å²) < 4.78 is 0. The van der Waals surface area contributed by atoms with Crippen molar-refractivity contribution in [3.8, 4) is 0 Å². The molecule has 0 aromatic heterocycles. The Labute approximate surface area is 109 Å². The van der Waals surface area contributed by atoms with Gasteiger partial charge in [-0.3, -0.25) is 4.79 Å². The largest absolute Gasteiger partial charge is 0.271 e. The van der Waals surface area contributed by atoms with E-state index in [9.17, 15) is 4.79 Å². The maximum absolute atomic E-state index is 11.8. The van der Waals surface area contributed by atoms with Gasteiger partial charge in [0.15, 0.2) is 0 Å². The lowest BCUT2D eigenvalue weighted by atomic mass is 9.87. The van der Waals surface area contributed by atoms with Crippen LogP contribution in [-0.2, 0) is 5.41 Å². The molecule has 3 heteroatoms. The highest BCUT2D eigenvalue weighted by molar-refractivity contribution is 5.95. The van der Waals surface area contributed by atoms with Crippen LogP contribution >= 0.6 is 0 Å². The van der Waals surface area contributed by atoms with Crippen LogP contribution in [0.15, 0.2) is 29.4 Å². The lowest BCUT2D eigenvalue weighted by Crippen LogP contribution is -2.19. The second-order valence-electron chi connectivity index (χ2n) is 5.47. The molecule has 1 amide bonds. The number of carbonyl (C=O) groups excluding carboxylic acids is 1. The Morgan fingerprint density at radius 3 is 2.22 bits per heavy atom. The monoisotopic (exact) mass is 246 g/mol. The normalized spacial score (nSPS) is 12.4. The van der Waals surface area contributed by atoms with Gasteiger partial charge in [0.2, 0.25) is 0 Å². The number of hydrogen-bond acceptors (Lipinski definition) is 2. The first-order chi connectivity index (χ1) is 8.34. The Hall–Kier alpha value is -1.64. The molecule has 98 valence electrons. The van der Waals surface area contributed by atoms with Gasteiger partial charge in [0.25, 0.3) is 5.91 Å². The van der Waals surface area contributed by atoms with Crippen LogP contribution in [0.2, 0.25) is 0 Å². The van der Waals surface area contributed by atoms with E-state index in [1.165, 1.54) is 5.56 Å². The van der Waals surface area contributed by atoms with E-state index >= 15 is 0 Å². The molecule has 0 aliphatic carbocycles. The van der Waals surface area contributed by atoms with Crippen LogP contribution in [0.5, 0.6) is 0 Å². The molecule has 1 N–H and O–H groups in total. The summed E-state index contributed by atoms with van der Waals surface area (Å²) in [6.07, 6.45) is 0.837. The Morgan fingerprint density at radius 2 is 1.78 bits per heavy atom. The molecule has 1 aromatic rings. The van der Waals surface area contributed by atoms with Gasteiger partial charge in [-0.2, -0.15) is 5.10 Å². The average molecular weight is 246 g/mol. The molecular formula is C15H22N2O. The van der Waals surface area contributed by atoms with Gasteiger partial charge < -0.3 is 0 Å². The summed E-state index contributed by atoms with van der Waals surface area (Å²) in [5.41, 5.74) is 5.42. The van der Waals surface area contributed by atoms with Gasteiger partial charge in [0.1, 0.15) is 0 Å². The summed E-state index contributed by atoms with van der Waals surface area (Å²) in [5.74, 6) is -0.164. The molecule has 0 fully saturated rings. The van der Waals surface area contributed by atoms with E-state index in [0.717, 1.165) is 12.1 Å². The molecule has 0 atom stereocenters. The van der Waals surface area contributed by atoms with Gasteiger partial charge in [-0.05, 0) is 36.5 Å². The molecule has 0 saturated heterocycles. The first-order valence-corrected chi connectivity index (χ1v) is 6.28. The topological polar surface area (TPSA) is 41.5 Å². The quantitative estimate of drug-likeness (QED) is 0.643. The number of hydrazone groups is 1. The first-order valence-electron chi connectivity index (χ1n) is 6.28. The number of amides is 1. The highest BCUT2D eigenvalue weighted by Crippen LogP contribution is 2.22. The van der Waals surface area contributed by atoms with E-state index in [1.807, 2.05) is 38.1 Å². The fourth-order valence-corrected chi connectivity index (χ4v) is 1.41. The van der Waals surface area contributed by atoms with Gasteiger partial charge in [0, 0.05) is 11.3 Å².